The van der Waals surface area contributed by atoms with Gasteiger partial charge < -0.3 is 5.11 Å². The summed E-state index contributed by atoms with van der Waals surface area (Å²) in [6.45, 7) is 6.37. The van der Waals surface area contributed by atoms with Gasteiger partial charge in [-0.2, -0.15) is 0 Å². The number of carbonyl (C=O) groups is 4. The van der Waals surface area contributed by atoms with Crippen LogP contribution in [0.1, 0.15) is 78.6 Å². The van der Waals surface area contributed by atoms with Crippen LogP contribution in [0.25, 0.3) is 0 Å². The number of hydrogen-bond donors (Lipinski definition) is 1. The van der Waals surface area contributed by atoms with Crippen molar-refractivity contribution in [2.24, 2.45) is 46.3 Å². The van der Waals surface area contributed by atoms with Gasteiger partial charge in [0.25, 0.3) is 0 Å². The molecule has 0 aromatic heterocycles. The van der Waals surface area contributed by atoms with Gasteiger partial charge in [-0.3, -0.25) is 19.2 Å². The van der Waals surface area contributed by atoms with E-state index < -0.39 is 11.4 Å². The SMILES string of the molecule is C[C@H](CCC(=O)O)[C@H]1CC[C@H]2[C@@H]3C(=O)C[C@@H]4CC(=O)CC[C@]4(C)[C@H]3CC(=O)[C@]12C.[Li]. The first-order valence-electron chi connectivity index (χ1n) is 11.4. The van der Waals surface area contributed by atoms with E-state index in [4.69, 9.17) is 5.11 Å². The third kappa shape index (κ3) is 3.45. The fourth-order valence-corrected chi connectivity index (χ4v) is 7.94. The first-order chi connectivity index (χ1) is 13.6. The van der Waals surface area contributed by atoms with Crippen molar-refractivity contribution in [1.29, 1.82) is 0 Å². The minimum atomic E-state index is -0.792. The average Bonchev–Trinajstić information content (AvgIpc) is 3.01. The molecule has 0 amide bonds. The summed E-state index contributed by atoms with van der Waals surface area (Å²) in [5.41, 5.74) is -0.598. The van der Waals surface area contributed by atoms with Crippen LogP contribution in [0.5, 0.6) is 0 Å². The van der Waals surface area contributed by atoms with E-state index in [1.54, 1.807) is 0 Å². The second kappa shape index (κ2) is 8.21. The number of carbonyl (C=O) groups excluding carboxylic acids is 3. The van der Waals surface area contributed by atoms with Crippen LogP contribution in [0.3, 0.4) is 0 Å². The Labute approximate surface area is 191 Å². The molecule has 4 aliphatic carbocycles. The standard InChI is InChI=1S/C24H34O5.Li/c1-13(4-7-21(28)29)16-5-6-17-22-18(12-20(27)24(16,17)3)23(2)9-8-15(25)10-14(23)11-19(22)26;/h13-14,16-18,22H,4-12H2,1-3H3,(H,28,29);/t13-,14+,16-,17+,18+,22+,23+,24-;/m1./s1. The number of fused-ring (bicyclic) bond motifs is 5. The van der Waals surface area contributed by atoms with Gasteiger partial charge in [-0.15, -0.1) is 0 Å². The molecule has 4 saturated carbocycles. The van der Waals surface area contributed by atoms with Crippen LogP contribution in [0.15, 0.2) is 0 Å². The Balaban J connectivity index is 0.00000256. The smallest absolute Gasteiger partial charge is 0.303 e. The molecule has 30 heavy (non-hydrogen) atoms. The molecular weight excluding hydrogens is 375 g/mol. The monoisotopic (exact) mass is 409 g/mol. The van der Waals surface area contributed by atoms with Gasteiger partial charge in [0, 0.05) is 62.3 Å². The van der Waals surface area contributed by atoms with Crippen LogP contribution in [0.4, 0.5) is 0 Å². The van der Waals surface area contributed by atoms with E-state index in [9.17, 15) is 19.2 Å². The Morgan fingerprint density at radius 2 is 1.80 bits per heavy atom. The Kier molecular flexibility index (Phi) is 6.49. The van der Waals surface area contributed by atoms with Crippen LogP contribution in [0, 0.1) is 46.3 Å². The first kappa shape index (κ1) is 23.7. The van der Waals surface area contributed by atoms with Crippen molar-refractivity contribution in [2.75, 3.05) is 0 Å². The molecule has 0 heterocycles. The van der Waals surface area contributed by atoms with E-state index in [0.717, 1.165) is 19.3 Å². The largest absolute Gasteiger partial charge is 0.481 e. The summed E-state index contributed by atoms with van der Waals surface area (Å²) in [4.78, 5) is 50.0. The molecule has 0 aromatic rings. The van der Waals surface area contributed by atoms with Gasteiger partial charge in [0.15, 0.2) is 0 Å². The maximum Gasteiger partial charge on any atom is 0.303 e. The van der Waals surface area contributed by atoms with Gasteiger partial charge in [-0.1, -0.05) is 20.8 Å². The molecule has 0 unspecified atom stereocenters. The summed E-state index contributed by atoms with van der Waals surface area (Å²) >= 11 is 0. The Morgan fingerprint density at radius 1 is 1.10 bits per heavy atom. The van der Waals surface area contributed by atoms with E-state index in [1.165, 1.54) is 0 Å². The van der Waals surface area contributed by atoms with E-state index in [2.05, 4.69) is 20.8 Å². The van der Waals surface area contributed by atoms with Crippen molar-refractivity contribution < 1.29 is 24.3 Å². The Hall–Kier alpha value is -0.923. The third-order valence-electron chi connectivity index (χ3n) is 9.72. The molecule has 0 aliphatic heterocycles. The molecule has 0 spiro atoms. The van der Waals surface area contributed by atoms with Crippen LogP contribution in [-0.2, 0) is 19.2 Å². The van der Waals surface area contributed by atoms with Crippen molar-refractivity contribution in [1.82, 2.24) is 0 Å². The second-order valence-electron chi connectivity index (χ2n) is 10.9. The van der Waals surface area contributed by atoms with Crippen LogP contribution in [-0.4, -0.2) is 47.3 Å². The van der Waals surface area contributed by atoms with Gasteiger partial charge in [0.2, 0.25) is 0 Å². The van der Waals surface area contributed by atoms with Gasteiger partial charge in [-0.05, 0) is 60.7 Å². The van der Waals surface area contributed by atoms with Crippen molar-refractivity contribution in [3.8, 4) is 0 Å². The normalized spacial score (nSPS) is 43.8. The average molecular weight is 409 g/mol. The quantitative estimate of drug-likeness (QED) is 0.716. The molecule has 4 aliphatic rings. The Morgan fingerprint density at radius 3 is 2.47 bits per heavy atom. The molecule has 4 rings (SSSR count). The van der Waals surface area contributed by atoms with Gasteiger partial charge >= 0.3 is 5.97 Å². The number of rotatable bonds is 4. The summed E-state index contributed by atoms with van der Waals surface area (Å²) in [5, 5.41) is 9.06. The summed E-state index contributed by atoms with van der Waals surface area (Å²) < 4.78 is 0. The zero-order valence-corrected chi connectivity index (χ0v) is 18.9. The van der Waals surface area contributed by atoms with E-state index >= 15 is 0 Å². The molecule has 0 aromatic carbocycles. The third-order valence-corrected chi connectivity index (χ3v) is 9.72. The molecule has 0 saturated heterocycles. The Bertz CT molecular complexity index is 763. The topological polar surface area (TPSA) is 88.5 Å². The van der Waals surface area contributed by atoms with Crippen molar-refractivity contribution in [2.45, 2.75) is 78.6 Å². The molecule has 161 valence electrons. The number of hydrogen-bond acceptors (Lipinski definition) is 4. The summed E-state index contributed by atoms with van der Waals surface area (Å²) in [7, 11) is 0. The molecule has 6 heteroatoms. The molecule has 4 fully saturated rings. The molecule has 8 atom stereocenters. The number of carboxylic acid groups (broad SMARTS) is 1. The number of Topliss-reactive ketones (excluding diaryl/α,β-unsaturated/α-hetero) is 3. The fourth-order valence-electron chi connectivity index (χ4n) is 7.94. The predicted octanol–water partition coefficient (Wildman–Crippen LogP) is 3.69. The van der Waals surface area contributed by atoms with Crippen LogP contribution >= 0.6 is 0 Å². The van der Waals surface area contributed by atoms with Crippen LogP contribution in [0.2, 0.25) is 0 Å². The first-order valence-corrected chi connectivity index (χ1v) is 11.4. The van der Waals surface area contributed by atoms with Gasteiger partial charge in [-0.25, -0.2) is 0 Å². The molecular formula is C24H34LiO5. The fraction of sp³-hybridized carbons (Fsp3) is 0.833. The van der Waals surface area contributed by atoms with Crippen LogP contribution < -0.4 is 0 Å². The molecule has 0 bridgehead atoms. The molecule has 1 radical (unpaired) electrons. The minimum Gasteiger partial charge on any atom is -0.481 e. The van der Waals surface area contributed by atoms with E-state index in [1.807, 2.05) is 0 Å². The number of carboxylic acids is 1. The molecule has 5 nitrogen and oxygen atoms in total. The van der Waals surface area contributed by atoms with Gasteiger partial charge in [0.1, 0.15) is 17.3 Å². The van der Waals surface area contributed by atoms with Crippen molar-refractivity contribution in [3.05, 3.63) is 0 Å². The van der Waals surface area contributed by atoms with Gasteiger partial charge in [0.05, 0.1) is 0 Å². The maximum absolute atomic E-state index is 13.6. The number of ketones is 3. The van der Waals surface area contributed by atoms with Crippen molar-refractivity contribution >= 4 is 42.2 Å². The summed E-state index contributed by atoms with van der Waals surface area (Å²) in [6, 6.07) is 0. The zero-order chi connectivity index (χ0) is 21.1. The van der Waals surface area contributed by atoms with E-state index in [-0.39, 0.29) is 83.6 Å². The summed E-state index contributed by atoms with van der Waals surface area (Å²) in [5.74, 6) is 0.524. The summed E-state index contributed by atoms with van der Waals surface area (Å²) in [6.07, 6.45) is 5.33. The van der Waals surface area contributed by atoms with E-state index in [0.29, 0.717) is 32.1 Å². The molecule has 1 N–H and O–H groups in total. The number of aliphatic carboxylic acids is 1. The maximum atomic E-state index is 13.6. The predicted molar refractivity (Wildman–Crippen MR) is 113 cm³/mol. The zero-order valence-electron chi connectivity index (χ0n) is 18.9. The minimum absolute atomic E-state index is 0. The van der Waals surface area contributed by atoms with Crippen molar-refractivity contribution in [3.63, 3.8) is 0 Å². The second-order valence-corrected chi connectivity index (χ2v) is 10.9.